The number of nitrogens with one attached hydrogen (secondary N) is 2. The third-order valence-corrected chi connectivity index (χ3v) is 5.78. The summed E-state index contributed by atoms with van der Waals surface area (Å²) in [5.41, 5.74) is 0.794. The van der Waals surface area contributed by atoms with E-state index in [4.69, 9.17) is 0 Å². The molecule has 0 saturated carbocycles. The van der Waals surface area contributed by atoms with E-state index in [1.807, 2.05) is 27.7 Å². The first-order valence-corrected chi connectivity index (χ1v) is 10.1. The fraction of sp³-hybridized carbons (Fsp3) is 0.471. The van der Waals surface area contributed by atoms with Crippen LogP contribution < -0.4 is 10.6 Å². The van der Waals surface area contributed by atoms with Gasteiger partial charge in [-0.1, -0.05) is 11.3 Å². The number of hydrogen-bond donors (Lipinski definition) is 2. The van der Waals surface area contributed by atoms with Crippen LogP contribution in [0.15, 0.2) is 12.1 Å². The second-order valence-corrected chi connectivity index (χ2v) is 8.86. The molecule has 146 valence electrons. The Bertz CT molecular complexity index is 846. The Morgan fingerprint density at radius 1 is 1.19 bits per heavy atom. The highest BCUT2D eigenvalue weighted by molar-refractivity contribution is 7.17. The van der Waals surface area contributed by atoms with Gasteiger partial charge in [-0.05, 0) is 40.2 Å². The fourth-order valence-electron chi connectivity index (χ4n) is 2.70. The van der Waals surface area contributed by atoms with Gasteiger partial charge in [0.1, 0.15) is 0 Å². The van der Waals surface area contributed by atoms with Crippen molar-refractivity contribution in [1.82, 2.24) is 15.6 Å². The smallest absolute Gasteiger partial charge is 0.324 e. The summed E-state index contributed by atoms with van der Waals surface area (Å²) in [6.45, 7) is 7.56. The highest BCUT2D eigenvalue weighted by Gasteiger charge is 2.19. The molecule has 0 aliphatic rings. The molecule has 2 N–H and O–H groups in total. The van der Waals surface area contributed by atoms with Gasteiger partial charge in [0, 0.05) is 23.0 Å². The van der Waals surface area contributed by atoms with E-state index < -0.39 is 4.92 Å². The van der Waals surface area contributed by atoms with Crippen LogP contribution in [0.5, 0.6) is 0 Å². The number of aromatic nitrogens is 1. The van der Waals surface area contributed by atoms with E-state index in [2.05, 4.69) is 15.6 Å². The number of thiophene rings is 1. The Balaban J connectivity index is 1.81. The molecule has 2 amide bonds. The molecule has 2 aromatic heterocycles. The van der Waals surface area contributed by atoms with Crippen LogP contribution in [0.4, 0.5) is 5.00 Å². The van der Waals surface area contributed by atoms with E-state index in [1.165, 1.54) is 12.1 Å². The van der Waals surface area contributed by atoms with Crippen LogP contribution in [0.25, 0.3) is 0 Å². The summed E-state index contributed by atoms with van der Waals surface area (Å²) in [7, 11) is 0. The molecule has 0 fully saturated rings. The molecule has 0 saturated heterocycles. The molecule has 27 heavy (non-hydrogen) atoms. The Hall–Kier alpha value is -2.33. The van der Waals surface area contributed by atoms with Gasteiger partial charge in [-0.25, -0.2) is 4.98 Å². The maximum absolute atomic E-state index is 12.2. The van der Waals surface area contributed by atoms with Gasteiger partial charge in [0.25, 0.3) is 5.91 Å². The lowest BCUT2D eigenvalue weighted by Crippen LogP contribution is -2.40. The van der Waals surface area contributed by atoms with Crippen molar-refractivity contribution >= 4 is 39.5 Å². The van der Waals surface area contributed by atoms with Crippen molar-refractivity contribution in [1.29, 1.82) is 0 Å². The fourth-order valence-corrected chi connectivity index (χ4v) is 4.26. The molecule has 0 aliphatic heterocycles. The zero-order chi connectivity index (χ0) is 20.1. The largest absolute Gasteiger partial charge is 0.353 e. The van der Waals surface area contributed by atoms with Gasteiger partial charge in [-0.3, -0.25) is 19.7 Å². The topological polar surface area (TPSA) is 114 Å². The maximum Gasteiger partial charge on any atom is 0.324 e. The van der Waals surface area contributed by atoms with Crippen LogP contribution in [0, 0.1) is 24.0 Å². The molecule has 2 aromatic rings. The number of hydrogen-bond acceptors (Lipinski definition) is 7. The summed E-state index contributed by atoms with van der Waals surface area (Å²) in [5.74, 6) is -0.462. The van der Waals surface area contributed by atoms with Crippen LogP contribution in [0.3, 0.4) is 0 Å². The molecule has 0 spiro atoms. The molecule has 10 heteroatoms. The summed E-state index contributed by atoms with van der Waals surface area (Å²) < 4.78 is 0. The van der Waals surface area contributed by atoms with Crippen LogP contribution in [0.2, 0.25) is 0 Å². The summed E-state index contributed by atoms with van der Waals surface area (Å²) in [5, 5.41) is 17.3. The van der Waals surface area contributed by atoms with Gasteiger partial charge >= 0.3 is 5.00 Å². The van der Waals surface area contributed by atoms with Crippen molar-refractivity contribution in [2.45, 2.75) is 52.6 Å². The van der Waals surface area contributed by atoms with Crippen molar-refractivity contribution in [3.63, 3.8) is 0 Å². The van der Waals surface area contributed by atoms with Gasteiger partial charge in [0.05, 0.1) is 26.9 Å². The minimum Gasteiger partial charge on any atom is -0.353 e. The van der Waals surface area contributed by atoms with E-state index in [0.29, 0.717) is 11.3 Å². The van der Waals surface area contributed by atoms with Crippen molar-refractivity contribution in [3.8, 4) is 0 Å². The standard InChI is InChI=1S/C17H22N4O4S2/c1-9(18-15(22)8-13-11(3)26-12(4)20-13)7-10(2)19-17(23)14-5-6-16(27-14)21(24)25/h5-6,9-10H,7-8H2,1-4H3,(H,18,22)(H,19,23). The molecule has 8 nitrogen and oxygen atoms in total. The first-order chi connectivity index (χ1) is 12.7. The number of aryl methyl sites for hydroxylation is 2. The van der Waals surface area contributed by atoms with Crippen LogP contribution in [-0.2, 0) is 11.2 Å². The van der Waals surface area contributed by atoms with Gasteiger partial charge in [-0.15, -0.1) is 11.3 Å². The zero-order valence-corrected chi connectivity index (χ0v) is 17.2. The van der Waals surface area contributed by atoms with Crippen LogP contribution >= 0.6 is 22.7 Å². The van der Waals surface area contributed by atoms with E-state index in [1.54, 1.807) is 11.3 Å². The van der Waals surface area contributed by atoms with Gasteiger partial charge < -0.3 is 10.6 Å². The number of nitrogens with zero attached hydrogens (tertiary/aromatic N) is 2. The summed E-state index contributed by atoms with van der Waals surface area (Å²) in [4.78, 5) is 40.2. The first-order valence-electron chi connectivity index (χ1n) is 8.43. The molecule has 2 atom stereocenters. The van der Waals surface area contributed by atoms with Crippen molar-refractivity contribution in [2.24, 2.45) is 0 Å². The Morgan fingerprint density at radius 3 is 2.41 bits per heavy atom. The average molecular weight is 411 g/mol. The number of rotatable bonds is 8. The highest BCUT2D eigenvalue weighted by atomic mass is 32.1. The van der Waals surface area contributed by atoms with Crippen molar-refractivity contribution in [3.05, 3.63) is 42.7 Å². The summed E-state index contributed by atoms with van der Waals surface area (Å²) in [6, 6.07) is 2.42. The predicted octanol–water partition coefficient (Wildman–Crippen LogP) is 2.99. The van der Waals surface area contributed by atoms with Crippen molar-refractivity contribution < 1.29 is 14.5 Å². The number of carbonyl (C=O) groups is 2. The van der Waals surface area contributed by atoms with E-state index in [0.717, 1.165) is 26.9 Å². The highest BCUT2D eigenvalue weighted by Crippen LogP contribution is 2.23. The molecule has 0 aromatic carbocycles. The lowest BCUT2D eigenvalue weighted by atomic mass is 10.1. The quantitative estimate of drug-likeness (QED) is 0.513. The molecule has 2 heterocycles. The Morgan fingerprint density at radius 2 is 1.85 bits per heavy atom. The molecule has 0 bridgehead atoms. The van der Waals surface area contributed by atoms with E-state index in [9.17, 15) is 19.7 Å². The lowest BCUT2D eigenvalue weighted by molar-refractivity contribution is -0.380. The average Bonchev–Trinajstić information content (AvgIpc) is 3.14. The van der Waals surface area contributed by atoms with Crippen LogP contribution in [-0.4, -0.2) is 33.8 Å². The van der Waals surface area contributed by atoms with E-state index in [-0.39, 0.29) is 35.3 Å². The van der Waals surface area contributed by atoms with E-state index >= 15 is 0 Å². The second-order valence-electron chi connectivity index (χ2n) is 6.39. The minimum absolute atomic E-state index is 0.0685. The SMILES string of the molecule is Cc1nc(CC(=O)NC(C)CC(C)NC(=O)c2ccc([N+](=O)[O-])s2)c(C)s1. The lowest BCUT2D eigenvalue weighted by Gasteiger charge is -2.19. The number of amides is 2. The molecular formula is C17H22N4O4S2. The monoisotopic (exact) mass is 410 g/mol. The molecule has 0 aliphatic carbocycles. The van der Waals surface area contributed by atoms with Crippen molar-refractivity contribution in [2.75, 3.05) is 0 Å². The van der Waals surface area contributed by atoms with Crippen LogP contribution in [0.1, 0.15) is 45.5 Å². The van der Waals surface area contributed by atoms with Gasteiger partial charge in [0.15, 0.2) is 0 Å². The molecule has 2 unspecified atom stereocenters. The number of thiazole rings is 1. The first kappa shape index (κ1) is 21.0. The molecular weight excluding hydrogens is 388 g/mol. The third-order valence-electron chi connectivity index (χ3n) is 3.82. The summed E-state index contributed by atoms with van der Waals surface area (Å²) >= 11 is 2.41. The number of carbonyl (C=O) groups excluding carboxylic acids is 2. The second kappa shape index (κ2) is 9.05. The third kappa shape index (κ3) is 6.10. The summed E-state index contributed by atoms with van der Waals surface area (Å²) in [6.07, 6.45) is 0.778. The number of nitro groups is 1. The molecule has 0 radical (unpaired) electrons. The Labute approximate surface area is 165 Å². The normalized spacial score (nSPS) is 13.0. The zero-order valence-electron chi connectivity index (χ0n) is 15.6. The minimum atomic E-state index is -0.520. The van der Waals surface area contributed by atoms with Gasteiger partial charge in [-0.2, -0.15) is 0 Å². The predicted molar refractivity (Wildman–Crippen MR) is 105 cm³/mol. The molecule has 2 rings (SSSR count). The maximum atomic E-state index is 12.2. The Kier molecular flexibility index (Phi) is 7.03. The van der Waals surface area contributed by atoms with Gasteiger partial charge in [0.2, 0.25) is 5.91 Å².